The number of hydrogen-bond donors (Lipinski definition) is 1. The number of benzene rings is 1. The summed E-state index contributed by atoms with van der Waals surface area (Å²) in [6.07, 6.45) is 0. The molecule has 6 heteroatoms. The Labute approximate surface area is 110 Å². The minimum absolute atomic E-state index is 0.206. The molecule has 1 aromatic rings. The smallest absolute Gasteiger partial charge is 0.243 e. The maximum absolute atomic E-state index is 12.2. The van der Waals surface area contributed by atoms with Gasteiger partial charge in [0.15, 0.2) is 0 Å². The van der Waals surface area contributed by atoms with Crippen molar-refractivity contribution in [3.8, 4) is 0 Å². The summed E-state index contributed by atoms with van der Waals surface area (Å²) < 4.78 is 26.5. The van der Waals surface area contributed by atoms with Crippen molar-refractivity contribution in [1.82, 2.24) is 4.31 Å². The molecule has 0 saturated carbocycles. The molecule has 0 heterocycles. The fourth-order valence-corrected chi connectivity index (χ4v) is 3.35. The average Bonchev–Trinajstić information content (AvgIpc) is 2.27. The zero-order valence-electron chi connectivity index (χ0n) is 9.22. The van der Waals surface area contributed by atoms with Gasteiger partial charge in [-0.3, -0.25) is 0 Å². The Morgan fingerprint density at radius 1 is 1.50 bits per heavy atom. The van der Waals surface area contributed by atoms with Crippen LogP contribution in [0.2, 0.25) is 0 Å². The van der Waals surface area contributed by atoms with Crippen molar-refractivity contribution in [2.45, 2.75) is 17.9 Å². The lowest BCUT2D eigenvalue weighted by molar-refractivity contribution is 0.394. The predicted octanol–water partition coefficient (Wildman–Crippen LogP) is 1.26. The van der Waals surface area contributed by atoms with Crippen LogP contribution >= 0.6 is 22.6 Å². The first-order valence-corrected chi connectivity index (χ1v) is 7.35. The molecule has 0 saturated heterocycles. The van der Waals surface area contributed by atoms with E-state index in [-0.39, 0.29) is 6.04 Å². The number of rotatable bonds is 4. The van der Waals surface area contributed by atoms with Crippen LogP contribution in [-0.4, -0.2) is 32.4 Å². The summed E-state index contributed by atoms with van der Waals surface area (Å²) in [5.41, 5.74) is 5.47. The molecule has 0 radical (unpaired) electrons. The summed E-state index contributed by atoms with van der Waals surface area (Å²) in [7, 11) is -1.88. The number of nitrogens with zero attached hydrogens (tertiary/aromatic N) is 1. The number of sulfonamides is 1. The second kappa shape index (κ2) is 5.44. The summed E-state index contributed by atoms with van der Waals surface area (Å²) in [5.74, 6) is 0. The van der Waals surface area contributed by atoms with Crippen molar-refractivity contribution in [1.29, 1.82) is 0 Å². The van der Waals surface area contributed by atoms with Gasteiger partial charge in [-0.15, -0.1) is 0 Å². The van der Waals surface area contributed by atoms with E-state index in [1.807, 2.05) is 6.07 Å². The first-order valence-electron chi connectivity index (χ1n) is 4.83. The molecule has 0 fully saturated rings. The summed E-state index contributed by atoms with van der Waals surface area (Å²) in [6.45, 7) is 2.09. The van der Waals surface area contributed by atoms with Gasteiger partial charge in [-0.25, -0.2) is 8.42 Å². The minimum atomic E-state index is -3.42. The Bertz CT molecular complexity index is 462. The van der Waals surface area contributed by atoms with E-state index in [2.05, 4.69) is 22.6 Å². The summed E-state index contributed by atoms with van der Waals surface area (Å²) in [6, 6.07) is 6.62. The second-order valence-corrected chi connectivity index (χ2v) is 6.81. The molecule has 0 spiro atoms. The Morgan fingerprint density at radius 2 is 2.12 bits per heavy atom. The van der Waals surface area contributed by atoms with Crippen molar-refractivity contribution in [2.24, 2.45) is 5.73 Å². The van der Waals surface area contributed by atoms with E-state index < -0.39 is 10.0 Å². The lowest BCUT2D eigenvalue weighted by Crippen LogP contribution is -2.39. The molecular weight excluding hydrogens is 339 g/mol. The van der Waals surface area contributed by atoms with Gasteiger partial charge < -0.3 is 5.73 Å². The molecule has 1 rings (SSSR count). The molecule has 0 aliphatic carbocycles. The summed E-state index contributed by atoms with van der Waals surface area (Å²) >= 11 is 2.09. The molecule has 0 bridgehead atoms. The van der Waals surface area contributed by atoms with E-state index in [1.165, 1.54) is 4.31 Å². The van der Waals surface area contributed by atoms with Crippen molar-refractivity contribution in [3.63, 3.8) is 0 Å². The molecule has 1 unspecified atom stereocenters. The van der Waals surface area contributed by atoms with Crippen LogP contribution in [0.15, 0.2) is 29.2 Å². The minimum Gasteiger partial charge on any atom is -0.329 e. The highest BCUT2D eigenvalue weighted by molar-refractivity contribution is 14.1. The van der Waals surface area contributed by atoms with Gasteiger partial charge in [0, 0.05) is 23.2 Å². The molecule has 4 nitrogen and oxygen atoms in total. The topological polar surface area (TPSA) is 63.4 Å². The third-order valence-corrected chi connectivity index (χ3v) is 5.07. The van der Waals surface area contributed by atoms with Crippen LogP contribution in [0.3, 0.4) is 0 Å². The fraction of sp³-hybridized carbons (Fsp3) is 0.400. The van der Waals surface area contributed by atoms with Crippen LogP contribution in [0.25, 0.3) is 0 Å². The molecule has 90 valence electrons. The number of hydrogen-bond acceptors (Lipinski definition) is 3. The highest BCUT2D eigenvalue weighted by Gasteiger charge is 2.24. The highest BCUT2D eigenvalue weighted by atomic mass is 127. The average molecular weight is 354 g/mol. The molecule has 0 amide bonds. The van der Waals surface area contributed by atoms with Crippen LogP contribution in [0, 0.1) is 3.57 Å². The maximum Gasteiger partial charge on any atom is 0.243 e. The van der Waals surface area contributed by atoms with Crippen LogP contribution in [0.5, 0.6) is 0 Å². The Hall–Kier alpha value is -0.180. The maximum atomic E-state index is 12.2. The standard InChI is InChI=1S/C10H15IN2O2S/c1-8(7-12)13(2)16(14,15)10-5-3-4-9(11)6-10/h3-6,8H,7,12H2,1-2H3. The molecule has 0 aromatic heterocycles. The molecule has 1 aromatic carbocycles. The molecule has 0 aliphatic rings. The highest BCUT2D eigenvalue weighted by Crippen LogP contribution is 2.18. The fourth-order valence-electron chi connectivity index (χ4n) is 1.18. The normalized spacial score (nSPS) is 14.1. The van der Waals surface area contributed by atoms with Gasteiger partial charge in [0.1, 0.15) is 0 Å². The lowest BCUT2D eigenvalue weighted by Gasteiger charge is -2.23. The predicted molar refractivity (Wildman–Crippen MR) is 72.6 cm³/mol. The number of nitrogens with two attached hydrogens (primary N) is 1. The van der Waals surface area contributed by atoms with Gasteiger partial charge in [-0.05, 0) is 47.7 Å². The third kappa shape index (κ3) is 2.93. The first-order chi connectivity index (χ1) is 7.39. The summed E-state index contributed by atoms with van der Waals surface area (Å²) in [4.78, 5) is 0.308. The van der Waals surface area contributed by atoms with Crippen LogP contribution in [-0.2, 0) is 10.0 Å². The molecule has 1 atom stereocenters. The monoisotopic (exact) mass is 354 g/mol. The van der Waals surface area contributed by atoms with Gasteiger partial charge in [0.25, 0.3) is 0 Å². The van der Waals surface area contributed by atoms with E-state index >= 15 is 0 Å². The van der Waals surface area contributed by atoms with E-state index in [0.29, 0.717) is 11.4 Å². The van der Waals surface area contributed by atoms with Gasteiger partial charge in [-0.2, -0.15) is 4.31 Å². The largest absolute Gasteiger partial charge is 0.329 e. The number of halogens is 1. The van der Waals surface area contributed by atoms with E-state index in [0.717, 1.165) is 3.57 Å². The van der Waals surface area contributed by atoms with Gasteiger partial charge in [0.2, 0.25) is 10.0 Å². The second-order valence-electron chi connectivity index (χ2n) is 3.56. The molecule has 2 N–H and O–H groups in total. The van der Waals surface area contributed by atoms with Crippen LogP contribution < -0.4 is 5.73 Å². The van der Waals surface area contributed by atoms with E-state index in [9.17, 15) is 8.42 Å². The molecular formula is C10H15IN2O2S. The molecule has 0 aliphatic heterocycles. The zero-order valence-corrected chi connectivity index (χ0v) is 12.2. The van der Waals surface area contributed by atoms with E-state index in [4.69, 9.17) is 5.73 Å². The van der Waals surface area contributed by atoms with Crippen molar-refractivity contribution in [2.75, 3.05) is 13.6 Å². The Morgan fingerprint density at radius 3 is 2.62 bits per heavy atom. The third-order valence-electron chi connectivity index (χ3n) is 2.43. The van der Waals surface area contributed by atoms with Crippen molar-refractivity contribution >= 4 is 32.6 Å². The lowest BCUT2D eigenvalue weighted by atomic mass is 10.4. The van der Waals surface area contributed by atoms with Gasteiger partial charge in [-0.1, -0.05) is 6.07 Å². The SMILES string of the molecule is CC(CN)N(C)S(=O)(=O)c1cccc(I)c1. The van der Waals surface area contributed by atoms with Gasteiger partial charge in [0.05, 0.1) is 4.90 Å². The Balaban J connectivity index is 3.12. The van der Waals surface area contributed by atoms with Crippen LogP contribution in [0.1, 0.15) is 6.92 Å². The van der Waals surface area contributed by atoms with Gasteiger partial charge >= 0.3 is 0 Å². The Kier molecular flexibility index (Phi) is 4.72. The summed E-state index contributed by atoms with van der Waals surface area (Å²) in [5, 5.41) is 0. The molecule has 16 heavy (non-hydrogen) atoms. The zero-order chi connectivity index (χ0) is 12.3. The quantitative estimate of drug-likeness (QED) is 0.828. The van der Waals surface area contributed by atoms with Crippen molar-refractivity contribution < 1.29 is 8.42 Å². The number of likely N-dealkylation sites (N-methyl/N-ethyl adjacent to an activating group) is 1. The van der Waals surface area contributed by atoms with E-state index in [1.54, 1.807) is 32.2 Å². The van der Waals surface area contributed by atoms with Crippen molar-refractivity contribution in [3.05, 3.63) is 27.8 Å². The van der Waals surface area contributed by atoms with Crippen LogP contribution in [0.4, 0.5) is 0 Å². The first kappa shape index (κ1) is 13.9.